The van der Waals surface area contributed by atoms with Gasteiger partial charge in [-0.3, -0.25) is 10.1 Å². The molecule has 5 rings (SSSR count). The van der Waals surface area contributed by atoms with Crippen LogP contribution in [0.5, 0.6) is 0 Å². The number of benzene rings is 2. The molecule has 0 fully saturated rings. The highest BCUT2D eigenvalue weighted by atomic mass is 16.6. The fourth-order valence-electron chi connectivity index (χ4n) is 3.88. The lowest BCUT2D eigenvalue weighted by atomic mass is 10.1. The summed E-state index contributed by atoms with van der Waals surface area (Å²) in [5.41, 5.74) is 5.16. The number of fused-ring (bicyclic) bond motifs is 1. The number of hydrogen-bond acceptors (Lipinski definition) is 7. The Balaban J connectivity index is 1.47. The summed E-state index contributed by atoms with van der Waals surface area (Å²) in [6, 6.07) is 19.9. The second kappa shape index (κ2) is 8.36. The monoisotopic (exact) mass is 451 g/mol. The predicted octanol–water partition coefficient (Wildman–Crippen LogP) is 5.45. The van der Waals surface area contributed by atoms with Crippen LogP contribution in [0.3, 0.4) is 0 Å². The third-order valence-corrected chi connectivity index (χ3v) is 5.56. The maximum absolute atomic E-state index is 11.1. The Hall–Kier alpha value is -4.66. The van der Waals surface area contributed by atoms with Gasteiger partial charge in [-0.1, -0.05) is 30.3 Å². The van der Waals surface area contributed by atoms with Gasteiger partial charge in [-0.05, 0) is 50.1 Å². The van der Waals surface area contributed by atoms with Crippen molar-refractivity contribution in [1.82, 2.24) is 25.0 Å². The van der Waals surface area contributed by atoms with Crippen molar-refractivity contribution in [2.24, 2.45) is 0 Å². The molecule has 3 aromatic heterocycles. The molecule has 2 aromatic carbocycles. The lowest BCUT2D eigenvalue weighted by Gasteiger charge is -2.12. The molecule has 0 amide bonds. The maximum Gasteiger partial charge on any atom is 0.270 e. The highest BCUT2D eigenvalue weighted by Crippen LogP contribution is 2.26. The van der Waals surface area contributed by atoms with E-state index in [4.69, 9.17) is 4.98 Å². The summed E-state index contributed by atoms with van der Waals surface area (Å²) in [5, 5.41) is 28.6. The molecule has 9 heteroatoms. The van der Waals surface area contributed by atoms with E-state index >= 15 is 0 Å². The summed E-state index contributed by atoms with van der Waals surface area (Å²) in [4.78, 5) is 15.5. The number of pyridine rings is 1. The number of aryl methyl sites for hydroxylation is 3. The molecule has 0 atom stereocenters. The van der Waals surface area contributed by atoms with Crippen molar-refractivity contribution in [1.29, 1.82) is 0 Å². The van der Waals surface area contributed by atoms with E-state index in [1.165, 1.54) is 12.1 Å². The topological polar surface area (TPSA) is 112 Å². The molecule has 0 aliphatic rings. The van der Waals surface area contributed by atoms with Gasteiger partial charge in [-0.2, -0.15) is 9.78 Å². The Morgan fingerprint density at radius 1 is 0.912 bits per heavy atom. The number of rotatable bonds is 5. The second-order valence-corrected chi connectivity index (χ2v) is 8.09. The van der Waals surface area contributed by atoms with Crippen molar-refractivity contribution >= 4 is 28.2 Å². The van der Waals surface area contributed by atoms with Gasteiger partial charge in [-0.25, -0.2) is 4.98 Å². The first-order valence-corrected chi connectivity index (χ1v) is 10.7. The summed E-state index contributed by atoms with van der Waals surface area (Å²) in [6.07, 6.45) is 0. The van der Waals surface area contributed by atoms with Crippen molar-refractivity contribution in [3.05, 3.63) is 93.7 Å². The number of nitrogens with zero attached hydrogens (tertiary/aromatic N) is 6. The molecule has 0 unspecified atom stereocenters. The first-order chi connectivity index (χ1) is 16.4. The molecule has 0 saturated heterocycles. The number of aromatic nitrogens is 5. The summed E-state index contributed by atoms with van der Waals surface area (Å²) in [7, 11) is 0. The molecule has 0 saturated carbocycles. The molecular weight excluding hydrogens is 430 g/mol. The standard InChI is InChI=1S/C25H21N7O2/c1-15-6-4-9-20-16(2)12-23(27-25(15)20)31-24(13-17(3)30-31)26-22-11-10-21(28-29-22)18-7-5-8-19(14-18)32(33)34/h4-14H,1-3H3,(H,26,29). The highest BCUT2D eigenvalue weighted by molar-refractivity contribution is 5.85. The normalized spacial score (nSPS) is 11.0. The number of hydrogen-bond donors (Lipinski definition) is 1. The number of non-ortho nitro benzene ring substituents is 1. The van der Waals surface area contributed by atoms with Crippen LogP contribution in [-0.4, -0.2) is 29.9 Å². The van der Waals surface area contributed by atoms with Crippen LogP contribution in [0.2, 0.25) is 0 Å². The quantitative estimate of drug-likeness (QED) is 0.279. The van der Waals surface area contributed by atoms with Gasteiger partial charge in [0.15, 0.2) is 11.6 Å². The minimum absolute atomic E-state index is 0.00861. The van der Waals surface area contributed by atoms with Gasteiger partial charge in [0, 0.05) is 29.1 Å². The van der Waals surface area contributed by atoms with Crippen molar-refractivity contribution in [2.75, 3.05) is 5.32 Å². The van der Waals surface area contributed by atoms with E-state index in [-0.39, 0.29) is 5.69 Å². The molecule has 0 spiro atoms. The average molecular weight is 451 g/mol. The van der Waals surface area contributed by atoms with Gasteiger partial charge in [0.1, 0.15) is 5.82 Å². The van der Waals surface area contributed by atoms with Crippen LogP contribution in [0.1, 0.15) is 16.8 Å². The van der Waals surface area contributed by atoms with Gasteiger partial charge in [-0.15, -0.1) is 10.2 Å². The molecule has 0 aliphatic carbocycles. The smallest absolute Gasteiger partial charge is 0.270 e. The Morgan fingerprint density at radius 3 is 2.50 bits per heavy atom. The molecule has 168 valence electrons. The molecule has 9 nitrogen and oxygen atoms in total. The molecule has 3 heterocycles. The van der Waals surface area contributed by atoms with Gasteiger partial charge in [0.05, 0.1) is 21.8 Å². The number of nitrogens with one attached hydrogen (secondary N) is 1. The SMILES string of the molecule is Cc1cc(Nc2ccc(-c3cccc([N+](=O)[O-])c3)nn2)n(-c2cc(C)c3cccc(C)c3n2)n1. The summed E-state index contributed by atoms with van der Waals surface area (Å²) in [6.45, 7) is 6.02. The molecular formula is C25H21N7O2. The van der Waals surface area contributed by atoms with Crippen LogP contribution in [0.15, 0.2) is 66.7 Å². The van der Waals surface area contributed by atoms with Gasteiger partial charge in [0.2, 0.25) is 0 Å². The molecule has 0 bridgehead atoms. The second-order valence-electron chi connectivity index (χ2n) is 8.09. The van der Waals surface area contributed by atoms with Crippen LogP contribution in [0, 0.1) is 30.9 Å². The van der Waals surface area contributed by atoms with E-state index < -0.39 is 4.92 Å². The lowest BCUT2D eigenvalue weighted by Crippen LogP contribution is -2.07. The fraction of sp³-hybridized carbons (Fsp3) is 0.120. The third-order valence-electron chi connectivity index (χ3n) is 5.56. The van der Waals surface area contributed by atoms with Crippen molar-refractivity contribution in [3.63, 3.8) is 0 Å². The average Bonchev–Trinajstić information content (AvgIpc) is 3.20. The van der Waals surface area contributed by atoms with E-state index in [9.17, 15) is 10.1 Å². The van der Waals surface area contributed by atoms with Gasteiger partial charge < -0.3 is 5.32 Å². The maximum atomic E-state index is 11.1. The molecule has 0 aliphatic heterocycles. The molecule has 0 radical (unpaired) electrons. The zero-order valence-electron chi connectivity index (χ0n) is 18.9. The highest BCUT2D eigenvalue weighted by Gasteiger charge is 2.14. The molecule has 34 heavy (non-hydrogen) atoms. The van der Waals surface area contributed by atoms with Crippen LogP contribution in [-0.2, 0) is 0 Å². The lowest BCUT2D eigenvalue weighted by molar-refractivity contribution is -0.384. The number of nitro groups is 1. The summed E-state index contributed by atoms with van der Waals surface area (Å²) in [5.74, 6) is 1.93. The van der Waals surface area contributed by atoms with Gasteiger partial charge in [0.25, 0.3) is 5.69 Å². The number of anilines is 2. The minimum Gasteiger partial charge on any atom is -0.323 e. The zero-order valence-corrected chi connectivity index (χ0v) is 18.9. The first kappa shape index (κ1) is 21.2. The van der Waals surface area contributed by atoms with E-state index in [0.717, 1.165) is 27.7 Å². The van der Waals surface area contributed by atoms with E-state index in [1.807, 2.05) is 38.1 Å². The van der Waals surface area contributed by atoms with Crippen LogP contribution in [0.4, 0.5) is 17.3 Å². The van der Waals surface area contributed by atoms with Crippen LogP contribution < -0.4 is 5.32 Å². The van der Waals surface area contributed by atoms with Gasteiger partial charge >= 0.3 is 0 Å². The largest absolute Gasteiger partial charge is 0.323 e. The Labute approximate surface area is 195 Å². The number of para-hydroxylation sites is 1. The first-order valence-electron chi connectivity index (χ1n) is 10.7. The zero-order chi connectivity index (χ0) is 23.8. The molecule has 1 N–H and O–H groups in total. The van der Waals surface area contributed by atoms with Crippen LogP contribution >= 0.6 is 0 Å². The predicted molar refractivity (Wildman–Crippen MR) is 130 cm³/mol. The summed E-state index contributed by atoms with van der Waals surface area (Å²) < 4.78 is 1.75. The Morgan fingerprint density at radius 2 is 1.74 bits per heavy atom. The van der Waals surface area contributed by atoms with E-state index in [1.54, 1.807) is 28.9 Å². The summed E-state index contributed by atoms with van der Waals surface area (Å²) >= 11 is 0. The fourth-order valence-corrected chi connectivity index (χ4v) is 3.88. The third kappa shape index (κ3) is 3.95. The van der Waals surface area contributed by atoms with Crippen LogP contribution in [0.25, 0.3) is 28.0 Å². The van der Waals surface area contributed by atoms with Crippen molar-refractivity contribution < 1.29 is 4.92 Å². The Bertz CT molecular complexity index is 1540. The van der Waals surface area contributed by atoms with Crippen molar-refractivity contribution in [3.8, 4) is 17.1 Å². The molecule has 5 aromatic rings. The number of nitro benzene ring substituents is 1. The van der Waals surface area contributed by atoms with E-state index in [2.05, 4.69) is 33.6 Å². The minimum atomic E-state index is -0.430. The van der Waals surface area contributed by atoms with E-state index in [0.29, 0.717) is 28.7 Å². The van der Waals surface area contributed by atoms with Crippen molar-refractivity contribution in [2.45, 2.75) is 20.8 Å². The Kier molecular flexibility index (Phi) is 5.21.